The molecule has 2 aromatic carbocycles. The van der Waals surface area contributed by atoms with Crippen molar-refractivity contribution in [2.75, 3.05) is 19.0 Å². The fraction of sp³-hybridized carbons (Fsp3) is 0.235. The molecule has 0 spiro atoms. The van der Waals surface area contributed by atoms with Gasteiger partial charge in [-0.25, -0.2) is 18.1 Å². The Labute approximate surface area is 181 Å². The molecular weight excluding hydrogens is 503 g/mol. The molecule has 0 saturated carbocycles. The van der Waals surface area contributed by atoms with Crippen LogP contribution in [0.15, 0.2) is 52.4 Å². The number of halogens is 2. The summed E-state index contributed by atoms with van der Waals surface area (Å²) in [6, 6.07) is 11.7. The fourth-order valence-corrected chi connectivity index (χ4v) is 3.45. The van der Waals surface area contributed by atoms with Crippen LogP contribution in [0.5, 0.6) is 5.75 Å². The van der Waals surface area contributed by atoms with E-state index in [1.54, 1.807) is 44.4 Å². The van der Waals surface area contributed by atoms with Gasteiger partial charge < -0.3 is 15.8 Å². The van der Waals surface area contributed by atoms with Crippen LogP contribution in [0, 0.1) is 0 Å². The molecule has 2 rings (SSSR count). The summed E-state index contributed by atoms with van der Waals surface area (Å²) in [7, 11) is -1.91. The Morgan fingerprint density at radius 2 is 1.89 bits per heavy atom. The monoisotopic (exact) mass is 524 g/mol. The zero-order valence-corrected chi connectivity index (χ0v) is 18.8. The number of sulfonamides is 1. The normalized spacial score (nSPS) is 11.6. The van der Waals surface area contributed by atoms with E-state index in [0.29, 0.717) is 29.5 Å². The van der Waals surface area contributed by atoms with E-state index in [1.807, 2.05) is 0 Å². The Kier molecular flexibility index (Phi) is 9.30. The van der Waals surface area contributed by atoms with Crippen LogP contribution in [0.4, 0.5) is 5.69 Å². The van der Waals surface area contributed by atoms with E-state index in [1.165, 1.54) is 12.1 Å². The second kappa shape index (κ2) is 10.7. The highest BCUT2D eigenvalue weighted by molar-refractivity contribution is 14.0. The highest BCUT2D eigenvalue weighted by atomic mass is 127. The van der Waals surface area contributed by atoms with Crippen molar-refractivity contribution in [1.82, 2.24) is 4.72 Å². The third-order valence-electron chi connectivity index (χ3n) is 3.42. The number of hydrogen-bond acceptors (Lipinski definition) is 4. The molecule has 0 radical (unpaired) electrons. The van der Waals surface area contributed by atoms with Crippen LogP contribution >= 0.6 is 35.6 Å². The van der Waals surface area contributed by atoms with Crippen LogP contribution in [0.25, 0.3) is 0 Å². The van der Waals surface area contributed by atoms with Gasteiger partial charge in [-0.05, 0) is 35.9 Å². The summed E-state index contributed by atoms with van der Waals surface area (Å²) < 4.78 is 31.3. The quantitative estimate of drug-likeness (QED) is 0.293. The van der Waals surface area contributed by atoms with E-state index < -0.39 is 10.0 Å². The Morgan fingerprint density at radius 3 is 2.44 bits per heavy atom. The minimum atomic E-state index is -3.45. The number of hydrogen-bond donors (Lipinski definition) is 3. The predicted octanol–water partition coefficient (Wildman–Crippen LogP) is 3.19. The van der Waals surface area contributed by atoms with Crippen molar-refractivity contribution >= 4 is 57.2 Å². The van der Waals surface area contributed by atoms with Gasteiger partial charge in [0.2, 0.25) is 10.0 Å². The molecule has 0 fully saturated rings. The molecule has 0 aliphatic carbocycles. The van der Waals surface area contributed by atoms with Gasteiger partial charge in [-0.1, -0.05) is 30.7 Å². The van der Waals surface area contributed by atoms with Crippen molar-refractivity contribution in [1.29, 1.82) is 0 Å². The van der Waals surface area contributed by atoms with Gasteiger partial charge in [-0.15, -0.1) is 24.0 Å². The second-order valence-electron chi connectivity index (χ2n) is 5.32. The molecule has 27 heavy (non-hydrogen) atoms. The maximum Gasteiger partial charge on any atom is 0.240 e. The maximum atomic E-state index is 11.9. The average molecular weight is 525 g/mol. The summed E-state index contributed by atoms with van der Waals surface area (Å²) in [4.78, 5) is 4.45. The third kappa shape index (κ3) is 6.83. The van der Waals surface area contributed by atoms with Crippen molar-refractivity contribution in [2.45, 2.75) is 18.4 Å². The lowest BCUT2D eigenvalue weighted by molar-refractivity contribution is 0.415. The zero-order chi connectivity index (χ0) is 19.2. The van der Waals surface area contributed by atoms with Gasteiger partial charge in [-0.2, -0.15) is 0 Å². The summed E-state index contributed by atoms with van der Waals surface area (Å²) in [6.07, 6.45) is 0. The van der Waals surface area contributed by atoms with E-state index in [2.05, 4.69) is 15.0 Å². The number of rotatable bonds is 7. The molecule has 0 amide bonds. The highest BCUT2D eigenvalue weighted by Crippen LogP contribution is 2.27. The number of methoxy groups -OCH3 is 1. The minimum Gasteiger partial charge on any atom is -0.495 e. The summed E-state index contributed by atoms with van der Waals surface area (Å²) in [5.41, 5.74) is 7.39. The van der Waals surface area contributed by atoms with Gasteiger partial charge in [0.15, 0.2) is 5.96 Å². The Balaban J connectivity index is 0.00000364. The summed E-state index contributed by atoms with van der Waals surface area (Å²) in [5.74, 6) is 0.788. The van der Waals surface area contributed by atoms with E-state index >= 15 is 0 Å². The number of benzene rings is 2. The highest BCUT2D eigenvalue weighted by Gasteiger charge is 2.11. The predicted molar refractivity (Wildman–Crippen MR) is 120 cm³/mol. The van der Waals surface area contributed by atoms with E-state index in [9.17, 15) is 8.42 Å². The van der Waals surface area contributed by atoms with Gasteiger partial charge in [-0.3, -0.25) is 0 Å². The molecular formula is C17H22ClIN4O3S. The fourth-order valence-electron chi connectivity index (χ4n) is 2.16. The number of nitrogens with one attached hydrogen (secondary N) is 2. The molecule has 0 aliphatic rings. The summed E-state index contributed by atoms with van der Waals surface area (Å²) in [6.45, 7) is 2.38. The van der Waals surface area contributed by atoms with Crippen molar-refractivity contribution in [3.63, 3.8) is 0 Å². The van der Waals surface area contributed by atoms with Crippen molar-refractivity contribution < 1.29 is 13.2 Å². The van der Waals surface area contributed by atoms with E-state index in [4.69, 9.17) is 22.1 Å². The third-order valence-corrected chi connectivity index (χ3v) is 5.28. The Bertz CT molecular complexity index is 890. The Hall–Kier alpha value is -1.56. The second-order valence-corrected chi connectivity index (χ2v) is 7.50. The summed E-state index contributed by atoms with van der Waals surface area (Å²) in [5, 5.41) is 3.40. The molecule has 0 saturated heterocycles. The topological polar surface area (TPSA) is 106 Å². The van der Waals surface area contributed by atoms with Gasteiger partial charge >= 0.3 is 0 Å². The van der Waals surface area contributed by atoms with Gasteiger partial charge in [0.1, 0.15) is 5.75 Å². The van der Waals surface area contributed by atoms with Crippen LogP contribution in [0.3, 0.4) is 0 Å². The van der Waals surface area contributed by atoms with Crippen LogP contribution in [-0.4, -0.2) is 28.0 Å². The van der Waals surface area contributed by atoms with Gasteiger partial charge in [0, 0.05) is 12.2 Å². The molecule has 0 atom stereocenters. The first-order valence-electron chi connectivity index (χ1n) is 7.85. The number of guanidine groups is 1. The zero-order valence-electron chi connectivity index (χ0n) is 14.9. The van der Waals surface area contributed by atoms with Crippen LogP contribution in [-0.2, 0) is 16.6 Å². The van der Waals surface area contributed by atoms with Crippen molar-refractivity contribution in [3.8, 4) is 5.75 Å². The average Bonchev–Trinajstić information content (AvgIpc) is 2.60. The molecule has 0 aliphatic heterocycles. The SMILES string of the molecule is CCNS(=O)(=O)c1ccc(CN=C(N)Nc2ccc(OC)c(Cl)c2)cc1.I. The molecule has 7 nitrogen and oxygen atoms in total. The molecule has 0 unspecified atom stereocenters. The summed E-state index contributed by atoms with van der Waals surface area (Å²) >= 11 is 6.06. The standard InChI is InChI=1S/C17H21ClN4O3S.HI/c1-3-21-26(23,24)14-7-4-12(5-8-14)11-20-17(19)22-13-6-9-16(25-2)15(18)10-13;/h4-10,21H,3,11H2,1-2H3,(H3,19,20,22);1H. The number of nitrogens with two attached hydrogens (primary N) is 1. The van der Waals surface area contributed by atoms with Crippen molar-refractivity contribution in [2.24, 2.45) is 10.7 Å². The smallest absolute Gasteiger partial charge is 0.240 e. The van der Waals surface area contributed by atoms with E-state index in [-0.39, 0.29) is 34.8 Å². The maximum absolute atomic E-state index is 11.9. The molecule has 0 aromatic heterocycles. The lowest BCUT2D eigenvalue weighted by Gasteiger charge is -2.09. The van der Waals surface area contributed by atoms with Gasteiger partial charge in [0.25, 0.3) is 0 Å². The first-order valence-corrected chi connectivity index (χ1v) is 9.71. The van der Waals surface area contributed by atoms with E-state index in [0.717, 1.165) is 5.56 Å². The lowest BCUT2D eigenvalue weighted by atomic mass is 10.2. The lowest BCUT2D eigenvalue weighted by Crippen LogP contribution is -2.23. The van der Waals surface area contributed by atoms with Crippen molar-refractivity contribution in [3.05, 3.63) is 53.1 Å². The largest absolute Gasteiger partial charge is 0.495 e. The molecule has 148 valence electrons. The number of aliphatic imine (C=N–C) groups is 1. The van der Waals surface area contributed by atoms with Crippen LogP contribution < -0.4 is 20.5 Å². The number of nitrogens with zero attached hydrogens (tertiary/aromatic N) is 1. The minimum absolute atomic E-state index is 0. The molecule has 0 bridgehead atoms. The number of ether oxygens (including phenoxy) is 1. The molecule has 4 N–H and O–H groups in total. The molecule has 10 heteroatoms. The first-order chi connectivity index (χ1) is 12.4. The first kappa shape index (κ1) is 23.5. The van der Waals surface area contributed by atoms with Crippen LogP contribution in [0.2, 0.25) is 5.02 Å². The van der Waals surface area contributed by atoms with Gasteiger partial charge in [0.05, 0.1) is 23.6 Å². The molecule has 2 aromatic rings. The number of anilines is 1. The van der Waals surface area contributed by atoms with Crippen LogP contribution in [0.1, 0.15) is 12.5 Å². The Morgan fingerprint density at radius 1 is 1.22 bits per heavy atom. The molecule has 0 heterocycles.